The van der Waals surface area contributed by atoms with E-state index in [1.165, 1.54) is 0 Å². The minimum Gasteiger partial charge on any atom is -0.380 e. The molecule has 0 unspecified atom stereocenters. The van der Waals surface area contributed by atoms with Crippen molar-refractivity contribution >= 4 is 0 Å². The maximum atomic E-state index is 5.73. The summed E-state index contributed by atoms with van der Waals surface area (Å²) in [4.78, 5) is 0. The Labute approximate surface area is 88.8 Å². The Kier molecular flexibility index (Phi) is 2.01. The van der Waals surface area contributed by atoms with E-state index in [0.29, 0.717) is 13.2 Å². The lowest BCUT2D eigenvalue weighted by Gasteiger charge is -2.29. The molecule has 1 spiro atoms. The van der Waals surface area contributed by atoms with Crippen LogP contribution in [0.25, 0.3) is 0 Å². The van der Waals surface area contributed by atoms with E-state index in [4.69, 9.17) is 9.47 Å². The second-order valence-corrected chi connectivity index (χ2v) is 3.70. The van der Waals surface area contributed by atoms with E-state index in [1.54, 1.807) is 0 Å². The maximum absolute atomic E-state index is 5.73. The van der Waals surface area contributed by atoms with Gasteiger partial charge in [0.25, 0.3) is 0 Å². The summed E-state index contributed by atoms with van der Waals surface area (Å²) in [5.74, 6) is -0.677. The predicted octanol–water partition coefficient (Wildman–Crippen LogP) is 1.27. The van der Waals surface area contributed by atoms with E-state index < -0.39 is 5.79 Å². The molecular weight excluding hydrogens is 190 g/mol. The van der Waals surface area contributed by atoms with Gasteiger partial charge in [0.05, 0.1) is 18.9 Å². The Bertz CT molecular complexity index is 384. The monoisotopic (exact) mass is 203 g/mol. The summed E-state index contributed by atoms with van der Waals surface area (Å²) in [7, 11) is 0. The van der Waals surface area contributed by atoms with Gasteiger partial charge in [0, 0.05) is 6.54 Å². The fourth-order valence-electron chi connectivity index (χ4n) is 2.09. The number of allylic oxidation sites excluding steroid dienone is 5. The van der Waals surface area contributed by atoms with Crippen molar-refractivity contribution in [3.8, 4) is 0 Å². The molecule has 78 valence electrons. The third-order valence-electron chi connectivity index (χ3n) is 2.75. The Morgan fingerprint density at radius 1 is 1.13 bits per heavy atom. The molecule has 2 aliphatic heterocycles. The van der Waals surface area contributed by atoms with Crippen molar-refractivity contribution < 1.29 is 9.47 Å². The molecule has 0 atom stereocenters. The van der Waals surface area contributed by atoms with Gasteiger partial charge in [-0.1, -0.05) is 30.4 Å². The smallest absolute Gasteiger partial charge is 0.231 e. The van der Waals surface area contributed by atoms with Crippen molar-refractivity contribution in [3.63, 3.8) is 0 Å². The van der Waals surface area contributed by atoms with Gasteiger partial charge in [-0.05, 0) is 11.6 Å². The summed E-state index contributed by atoms with van der Waals surface area (Å²) in [6.45, 7) is 2.12. The third-order valence-corrected chi connectivity index (χ3v) is 2.75. The molecule has 0 bridgehead atoms. The normalized spacial score (nSPS) is 26.7. The molecule has 0 amide bonds. The summed E-state index contributed by atoms with van der Waals surface area (Å²) in [5, 5.41) is 3.33. The highest BCUT2D eigenvalue weighted by atomic mass is 16.7. The Balaban J connectivity index is 2.10. The summed E-state index contributed by atoms with van der Waals surface area (Å²) < 4.78 is 11.5. The topological polar surface area (TPSA) is 30.5 Å². The molecule has 15 heavy (non-hydrogen) atoms. The number of hydrogen-bond acceptors (Lipinski definition) is 3. The van der Waals surface area contributed by atoms with Gasteiger partial charge in [-0.3, -0.25) is 0 Å². The van der Waals surface area contributed by atoms with Crippen molar-refractivity contribution in [2.45, 2.75) is 5.79 Å². The molecule has 0 saturated carbocycles. The van der Waals surface area contributed by atoms with Crippen molar-refractivity contribution in [3.05, 3.63) is 47.7 Å². The molecule has 3 nitrogen and oxygen atoms in total. The first-order valence-electron chi connectivity index (χ1n) is 5.20. The van der Waals surface area contributed by atoms with Crippen LogP contribution in [0.1, 0.15) is 0 Å². The molecule has 3 heteroatoms. The fourth-order valence-corrected chi connectivity index (χ4v) is 2.09. The van der Waals surface area contributed by atoms with Crippen molar-refractivity contribution in [1.29, 1.82) is 0 Å². The number of rotatable bonds is 0. The van der Waals surface area contributed by atoms with E-state index in [1.807, 2.05) is 18.2 Å². The first kappa shape index (κ1) is 8.95. The number of dihydropyridines is 1. The van der Waals surface area contributed by atoms with Crippen LogP contribution in [-0.2, 0) is 9.47 Å². The Morgan fingerprint density at radius 3 is 2.87 bits per heavy atom. The average molecular weight is 203 g/mol. The van der Waals surface area contributed by atoms with E-state index in [-0.39, 0.29) is 0 Å². The van der Waals surface area contributed by atoms with Gasteiger partial charge in [0.15, 0.2) is 0 Å². The molecule has 2 heterocycles. The fraction of sp³-hybridized carbons (Fsp3) is 0.333. The summed E-state index contributed by atoms with van der Waals surface area (Å²) in [6, 6.07) is 0. The summed E-state index contributed by atoms with van der Waals surface area (Å²) >= 11 is 0. The second kappa shape index (κ2) is 3.36. The van der Waals surface area contributed by atoms with Gasteiger partial charge in [0.2, 0.25) is 5.79 Å². The zero-order valence-corrected chi connectivity index (χ0v) is 8.40. The molecule has 3 rings (SSSR count). The van der Waals surface area contributed by atoms with Gasteiger partial charge in [-0.2, -0.15) is 0 Å². The minimum atomic E-state index is -0.677. The molecule has 3 aliphatic rings. The lowest BCUT2D eigenvalue weighted by molar-refractivity contribution is -0.0888. The largest absolute Gasteiger partial charge is 0.380 e. The van der Waals surface area contributed by atoms with Gasteiger partial charge >= 0.3 is 0 Å². The SMILES string of the molecule is C1=CC2=C(NCC=C2)C2(C=C1)OCCO2. The zero-order valence-electron chi connectivity index (χ0n) is 8.40. The van der Waals surface area contributed by atoms with E-state index in [2.05, 4.69) is 23.5 Å². The molecule has 1 saturated heterocycles. The Hall–Kier alpha value is -1.32. The van der Waals surface area contributed by atoms with E-state index >= 15 is 0 Å². The van der Waals surface area contributed by atoms with Crippen LogP contribution in [-0.4, -0.2) is 25.5 Å². The molecular formula is C12H13NO2. The van der Waals surface area contributed by atoms with Gasteiger partial charge in [-0.15, -0.1) is 0 Å². The minimum absolute atomic E-state index is 0.645. The quantitative estimate of drug-likeness (QED) is 0.643. The number of nitrogens with one attached hydrogen (secondary N) is 1. The van der Waals surface area contributed by atoms with Crippen LogP contribution in [0.4, 0.5) is 0 Å². The lowest BCUT2D eigenvalue weighted by Crippen LogP contribution is -2.39. The van der Waals surface area contributed by atoms with Crippen molar-refractivity contribution in [1.82, 2.24) is 5.32 Å². The second-order valence-electron chi connectivity index (χ2n) is 3.70. The summed E-state index contributed by atoms with van der Waals surface area (Å²) in [5.41, 5.74) is 2.15. The highest BCUT2D eigenvalue weighted by molar-refractivity contribution is 5.46. The zero-order chi connectivity index (χ0) is 10.1. The van der Waals surface area contributed by atoms with Crippen LogP contribution in [0.2, 0.25) is 0 Å². The van der Waals surface area contributed by atoms with Crippen LogP contribution in [0.3, 0.4) is 0 Å². The molecule has 0 aromatic heterocycles. The number of hydrogen-bond donors (Lipinski definition) is 1. The number of fused-ring (bicyclic) bond motifs is 1. The van der Waals surface area contributed by atoms with Crippen LogP contribution in [0.15, 0.2) is 47.7 Å². The molecule has 1 aliphatic carbocycles. The highest BCUT2D eigenvalue weighted by Gasteiger charge is 2.40. The van der Waals surface area contributed by atoms with Crippen molar-refractivity contribution in [2.24, 2.45) is 0 Å². The van der Waals surface area contributed by atoms with E-state index in [9.17, 15) is 0 Å². The maximum Gasteiger partial charge on any atom is 0.231 e. The lowest BCUT2D eigenvalue weighted by atomic mass is 10.0. The standard InChI is InChI=1S/C12H13NO2/c1-2-6-12(14-8-9-15-12)11-10(4-1)5-3-7-13-11/h1-6,13H,7-9H2. The molecule has 0 aromatic rings. The first-order chi connectivity index (χ1) is 7.41. The molecule has 0 aromatic carbocycles. The van der Waals surface area contributed by atoms with E-state index in [0.717, 1.165) is 17.8 Å². The van der Waals surface area contributed by atoms with Gasteiger partial charge in [0.1, 0.15) is 0 Å². The summed E-state index contributed by atoms with van der Waals surface area (Å²) in [6.07, 6.45) is 12.2. The number of ether oxygens (including phenoxy) is 2. The predicted molar refractivity (Wildman–Crippen MR) is 57.1 cm³/mol. The van der Waals surface area contributed by atoms with Crippen LogP contribution in [0.5, 0.6) is 0 Å². The molecule has 1 N–H and O–H groups in total. The highest BCUT2D eigenvalue weighted by Crippen LogP contribution is 2.33. The van der Waals surface area contributed by atoms with Gasteiger partial charge < -0.3 is 14.8 Å². The average Bonchev–Trinajstić information content (AvgIpc) is 2.66. The Morgan fingerprint density at radius 2 is 2.00 bits per heavy atom. The van der Waals surface area contributed by atoms with Crippen LogP contribution in [0, 0.1) is 0 Å². The third kappa shape index (κ3) is 1.35. The molecule has 0 radical (unpaired) electrons. The van der Waals surface area contributed by atoms with Crippen LogP contribution < -0.4 is 5.32 Å². The van der Waals surface area contributed by atoms with Gasteiger partial charge in [-0.25, -0.2) is 0 Å². The van der Waals surface area contributed by atoms with Crippen LogP contribution >= 0.6 is 0 Å². The first-order valence-corrected chi connectivity index (χ1v) is 5.20. The van der Waals surface area contributed by atoms with Crippen molar-refractivity contribution in [2.75, 3.05) is 19.8 Å². The molecule has 1 fully saturated rings.